The largest absolute Gasteiger partial charge is 0.444 e. The van der Waals surface area contributed by atoms with Crippen LogP contribution in [-0.2, 0) is 27.0 Å². The number of carbonyl (C=O) groups excluding carboxylic acids is 3. The van der Waals surface area contributed by atoms with Crippen LogP contribution in [0.25, 0.3) is 0 Å². The van der Waals surface area contributed by atoms with E-state index in [1.54, 1.807) is 25.7 Å². The Balaban J connectivity index is 1.66. The summed E-state index contributed by atoms with van der Waals surface area (Å²) in [4.78, 5) is 40.6. The van der Waals surface area contributed by atoms with Crippen LogP contribution in [0, 0.1) is 5.41 Å². The topological polar surface area (TPSA) is 66.9 Å². The molecule has 1 spiro atoms. The smallest absolute Gasteiger partial charge is 0.416 e. The zero-order valence-electron chi connectivity index (χ0n) is 17.9. The molecule has 0 aromatic heterocycles. The van der Waals surface area contributed by atoms with E-state index in [9.17, 15) is 27.6 Å². The van der Waals surface area contributed by atoms with E-state index in [1.807, 2.05) is 0 Å². The maximum absolute atomic E-state index is 12.8. The highest BCUT2D eigenvalue weighted by Crippen LogP contribution is 2.38. The number of nitrogens with zero attached hydrogens (tertiary/aromatic N) is 2. The molecule has 0 N–H and O–H groups in total. The van der Waals surface area contributed by atoms with Gasteiger partial charge in [-0.3, -0.25) is 9.59 Å². The molecule has 1 aromatic rings. The molecule has 1 aromatic carbocycles. The lowest BCUT2D eigenvalue weighted by atomic mass is 9.71. The number of ether oxygens (including phenoxy) is 1. The Morgan fingerprint density at radius 2 is 1.65 bits per heavy atom. The predicted octanol–water partition coefficient (Wildman–Crippen LogP) is 4.02. The molecular weight excluding hydrogens is 413 g/mol. The van der Waals surface area contributed by atoms with Gasteiger partial charge in [0.2, 0.25) is 5.91 Å². The summed E-state index contributed by atoms with van der Waals surface area (Å²) in [6.45, 7) is 6.39. The minimum atomic E-state index is -4.42. The molecule has 3 rings (SSSR count). The lowest BCUT2D eigenvalue weighted by molar-refractivity contribution is -0.151. The van der Waals surface area contributed by atoms with Crippen LogP contribution in [0.3, 0.4) is 0 Å². The molecule has 0 radical (unpaired) electrons. The minimum Gasteiger partial charge on any atom is -0.444 e. The summed E-state index contributed by atoms with van der Waals surface area (Å²) in [5.74, 6) is -0.463. The first-order chi connectivity index (χ1) is 14.3. The van der Waals surface area contributed by atoms with Gasteiger partial charge in [-0.1, -0.05) is 12.1 Å². The lowest BCUT2D eigenvalue weighted by Crippen LogP contribution is -2.56. The van der Waals surface area contributed by atoms with Gasteiger partial charge in [0.15, 0.2) is 0 Å². The fraction of sp³-hybridized carbons (Fsp3) is 0.591. The highest BCUT2D eigenvalue weighted by molar-refractivity contribution is 6.03. The number of hydrogen-bond acceptors (Lipinski definition) is 4. The number of alkyl halides is 3. The first kappa shape index (κ1) is 23.1. The Kier molecular flexibility index (Phi) is 6.08. The number of rotatable bonds is 2. The first-order valence-electron chi connectivity index (χ1n) is 10.2. The number of halogens is 3. The second-order valence-electron chi connectivity index (χ2n) is 9.29. The van der Waals surface area contributed by atoms with Gasteiger partial charge >= 0.3 is 12.3 Å². The molecule has 9 heteroatoms. The molecule has 31 heavy (non-hydrogen) atoms. The van der Waals surface area contributed by atoms with Gasteiger partial charge in [0, 0.05) is 26.2 Å². The van der Waals surface area contributed by atoms with Gasteiger partial charge in [0.05, 0.1) is 17.4 Å². The van der Waals surface area contributed by atoms with E-state index in [-0.39, 0.29) is 31.2 Å². The molecule has 2 heterocycles. The monoisotopic (exact) mass is 440 g/mol. The molecule has 2 aliphatic heterocycles. The number of amides is 2. The Morgan fingerprint density at radius 3 is 2.16 bits per heavy atom. The highest BCUT2D eigenvalue weighted by atomic mass is 19.4. The summed E-state index contributed by atoms with van der Waals surface area (Å²) >= 11 is 0. The van der Waals surface area contributed by atoms with Gasteiger partial charge in [0.1, 0.15) is 11.4 Å². The molecule has 2 amide bonds. The summed E-state index contributed by atoms with van der Waals surface area (Å²) in [6.07, 6.45) is -4.24. The second-order valence-corrected chi connectivity index (χ2v) is 9.29. The van der Waals surface area contributed by atoms with E-state index >= 15 is 0 Å². The van der Waals surface area contributed by atoms with Crippen LogP contribution in [-0.4, -0.2) is 52.8 Å². The molecule has 0 unspecified atom stereocenters. The number of likely N-dealkylation sites (tertiary alicyclic amines) is 2. The van der Waals surface area contributed by atoms with E-state index in [0.717, 1.165) is 12.1 Å². The maximum Gasteiger partial charge on any atom is 0.416 e. The van der Waals surface area contributed by atoms with Crippen molar-refractivity contribution in [2.24, 2.45) is 5.41 Å². The normalized spacial score (nSPS) is 19.7. The molecule has 0 atom stereocenters. The van der Waals surface area contributed by atoms with Crippen molar-refractivity contribution >= 4 is 17.8 Å². The molecular formula is C22H27F3N2O4. The Hall–Kier alpha value is -2.58. The standard InChI is InChI=1S/C22H27F3N2O4/c1-20(2,3)31-19(30)26-10-8-21(9-11-26)14-27(18(29)12-17(21)28)13-15-4-6-16(7-5-15)22(23,24)25/h4-7H,8-14H2,1-3H3. The molecule has 170 valence electrons. The van der Waals surface area contributed by atoms with Gasteiger partial charge in [-0.2, -0.15) is 13.2 Å². The fourth-order valence-electron chi connectivity index (χ4n) is 4.02. The van der Waals surface area contributed by atoms with Crippen LogP contribution < -0.4 is 0 Å². The molecule has 2 aliphatic rings. The molecule has 2 saturated heterocycles. The maximum atomic E-state index is 12.8. The van der Waals surface area contributed by atoms with Gasteiger partial charge in [-0.25, -0.2) is 4.79 Å². The zero-order valence-corrected chi connectivity index (χ0v) is 17.9. The molecule has 0 saturated carbocycles. The van der Waals surface area contributed by atoms with Gasteiger partial charge in [-0.05, 0) is 51.3 Å². The Morgan fingerprint density at radius 1 is 1.06 bits per heavy atom. The van der Waals surface area contributed by atoms with Crippen LogP contribution in [0.15, 0.2) is 24.3 Å². The van der Waals surface area contributed by atoms with Crippen LogP contribution >= 0.6 is 0 Å². The van der Waals surface area contributed by atoms with E-state index in [0.29, 0.717) is 31.5 Å². The van der Waals surface area contributed by atoms with Gasteiger partial charge in [-0.15, -0.1) is 0 Å². The van der Waals surface area contributed by atoms with Crippen molar-refractivity contribution in [2.45, 2.75) is 58.4 Å². The minimum absolute atomic E-state index is 0.134. The lowest BCUT2D eigenvalue weighted by Gasteiger charge is -2.46. The fourth-order valence-corrected chi connectivity index (χ4v) is 4.02. The van der Waals surface area contributed by atoms with Crippen molar-refractivity contribution in [3.05, 3.63) is 35.4 Å². The number of hydrogen-bond donors (Lipinski definition) is 0. The Labute approximate surface area is 179 Å². The van der Waals surface area contributed by atoms with Crippen molar-refractivity contribution in [2.75, 3.05) is 19.6 Å². The van der Waals surface area contributed by atoms with Crippen molar-refractivity contribution in [1.82, 2.24) is 9.80 Å². The van der Waals surface area contributed by atoms with Crippen LogP contribution in [0.4, 0.5) is 18.0 Å². The summed E-state index contributed by atoms with van der Waals surface area (Å²) < 4.78 is 43.7. The van der Waals surface area contributed by atoms with Crippen LogP contribution in [0.1, 0.15) is 51.2 Å². The third-order valence-electron chi connectivity index (χ3n) is 5.78. The van der Waals surface area contributed by atoms with Gasteiger partial charge < -0.3 is 14.5 Å². The van der Waals surface area contributed by atoms with Crippen LogP contribution in [0.5, 0.6) is 0 Å². The van der Waals surface area contributed by atoms with Crippen molar-refractivity contribution in [3.8, 4) is 0 Å². The first-order valence-corrected chi connectivity index (χ1v) is 10.2. The highest BCUT2D eigenvalue weighted by Gasteiger charge is 2.48. The zero-order chi connectivity index (χ0) is 23.0. The van der Waals surface area contributed by atoms with E-state index in [1.165, 1.54) is 17.0 Å². The quantitative estimate of drug-likeness (QED) is 0.652. The Bertz CT molecular complexity index is 851. The van der Waals surface area contributed by atoms with Crippen molar-refractivity contribution < 1.29 is 32.3 Å². The van der Waals surface area contributed by atoms with Crippen molar-refractivity contribution in [1.29, 1.82) is 0 Å². The van der Waals surface area contributed by atoms with Crippen LogP contribution in [0.2, 0.25) is 0 Å². The third kappa shape index (κ3) is 5.37. The number of piperidine rings is 2. The molecule has 2 fully saturated rings. The number of Topliss-reactive ketones (excluding diaryl/α,β-unsaturated/α-hetero) is 1. The average Bonchev–Trinajstić information content (AvgIpc) is 2.65. The van der Waals surface area contributed by atoms with E-state index in [2.05, 4.69) is 0 Å². The third-order valence-corrected chi connectivity index (χ3v) is 5.78. The van der Waals surface area contributed by atoms with E-state index < -0.39 is 28.8 Å². The number of ketones is 1. The number of carbonyl (C=O) groups is 3. The summed E-state index contributed by atoms with van der Waals surface area (Å²) in [5, 5.41) is 0. The second kappa shape index (κ2) is 8.16. The van der Waals surface area contributed by atoms with Crippen molar-refractivity contribution in [3.63, 3.8) is 0 Å². The number of benzene rings is 1. The summed E-state index contributed by atoms with van der Waals surface area (Å²) in [5.41, 5.74) is -1.53. The summed E-state index contributed by atoms with van der Waals surface area (Å²) in [6, 6.07) is 4.68. The molecule has 0 aliphatic carbocycles. The summed E-state index contributed by atoms with van der Waals surface area (Å²) in [7, 11) is 0. The SMILES string of the molecule is CC(C)(C)OC(=O)N1CCC2(CC1)CN(Cc1ccc(C(F)(F)F)cc1)C(=O)CC2=O. The predicted molar refractivity (Wildman–Crippen MR) is 106 cm³/mol. The van der Waals surface area contributed by atoms with E-state index in [4.69, 9.17) is 4.74 Å². The van der Waals surface area contributed by atoms with Gasteiger partial charge in [0.25, 0.3) is 0 Å². The molecule has 6 nitrogen and oxygen atoms in total. The molecule has 0 bridgehead atoms. The average molecular weight is 440 g/mol.